The molecule has 0 radical (unpaired) electrons. The third-order valence-corrected chi connectivity index (χ3v) is 2.48. The minimum absolute atomic E-state index is 0.154. The molecule has 0 aliphatic heterocycles. The topological polar surface area (TPSA) is 50.4 Å². The van der Waals surface area contributed by atoms with E-state index in [0.717, 1.165) is 16.9 Å². The predicted octanol–water partition coefficient (Wildman–Crippen LogP) is 2.99. The van der Waals surface area contributed by atoms with E-state index in [-0.39, 0.29) is 11.6 Å². The van der Waals surface area contributed by atoms with Gasteiger partial charge in [0.25, 0.3) is 0 Å². The fourth-order valence-corrected chi connectivity index (χ4v) is 1.71. The molecule has 0 heterocycles. The number of urea groups is 1. The molecule has 2 N–H and O–H groups in total. The van der Waals surface area contributed by atoms with E-state index < -0.39 is 0 Å². The molecule has 0 fully saturated rings. The van der Waals surface area contributed by atoms with Gasteiger partial charge in [-0.2, -0.15) is 0 Å². The van der Waals surface area contributed by atoms with Crippen molar-refractivity contribution in [2.45, 2.75) is 46.7 Å². The Morgan fingerprint density at radius 1 is 1.32 bits per heavy atom. The summed E-state index contributed by atoms with van der Waals surface area (Å²) < 4.78 is 5.48. The Labute approximate surface area is 115 Å². The highest BCUT2D eigenvalue weighted by atomic mass is 16.5. The second kappa shape index (κ2) is 6.45. The summed E-state index contributed by atoms with van der Waals surface area (Å²) in [5.41, 5.74) is 1.92. The first-order chi connectivity index (χ1) is 8.81. The number of carbonyl (C=O) groups is 1. The number of ether oxygens (including phenoxy) is 1. The second-order valence-corrected chi connectivity index (χ2v) is 5.59. The van der Waals surface area contributed by atoms with Crippen LogP contribution in [0, 0.1) is 6.92 Å². The lowest BCUT2D eigenvalue weighted by molar-refractivity contribution is 0.231. The summed E-state index contributed by atoms with van der Waals surface area (Å²) in [6.07, 6.45) is 0. The molecule has 0 aliphatic carbocycles. The van der Waals surface area contributed by atoms with Crippen LogP contribution in [0.1, 0.15) is 38.8 Å². The highest BCUT2D eigenvalue weighted by molar-refractivity contribution is 5.74. The van der Waals surface area contributed by atoms with Crippen molar-refractivity contribution in [2.24, 2.45) is 0 Å². The molecular formula is C15H24N2O2. The Morgan fingerprint density at radius 3 is 2.53 bits per heavy atom. The van der Waals surface area contributed by atoms with Crippen molar-refractivity contribution in [1.29, 1.82) is 0 Å². The fourth-order valence-electron chi connectivity index (χ4n) is 1.71. The first-order valence-electron chi connectivity index (χ1n) is 6.60. The quantitative estimate of drug-likeness (QED) is 0.878. The average Bonchev–Trinajstić information content (AvgIpc) is 2.27. The molecule has 1 aromatic carbocycles. The minimum Gasteiger partial charge on any atom is -0.494 e. The van der Waals surface area contributed by atoms with Crippen LogP contribution in [0.25, 0.3) is 0 Å². The second-order valence-electron chi connectivity index (χ2n) is 5.59. The van der Waals surface area contributed by atoms with Gasteiger partial charge >= 0.3 is 6.03 Å². The summed E-state index contributed by atoms with van der Waals surface area (Å²) >= 11 is 0. The molecule has 19 heavy (non-hydrogen) atoms. The van der Waals surface area contributed by atoms with Crippen LogP contribution in [-0.4, -0.2) is 18.2 Å². The summed E-state index contributed by atoms with van der Waals surface area (Å²) in [6.45, 7) is 11.0. The van der Waals surface area contributed by atoms with Crippen molar-refractivity contribution in [3.05, 3.63) is 29.3 Å². The molecule has 0 saturated heterocycles. The molecule has 4 heteroatoms. The highest BCUT2D eigenvalue weighted by Crippen LogP contribution is 2.18. The van der Waals surface area contributed by atoms with E-state index in [9.17, 15) is 4.79 Å². The molecular weight excluding hydrogens is 240 g/mol. The van der Waals surface area contributed by atoms with Crippen LogP contribution >= 0.6 is 0 Å². The summed E-state index contributed by atoms with van der Waals surface area (Å²) in [6, 6.07) is 5.79. The van der Waals surface area contributed by atoms with E-state index >= 15 is 0 Å². The van der Waals surface area contributed by atoms with E-state index in [2.05, 4.69) is 10.6 Å². The van der Waals surface area contributed by atoms with E-state index in [0.29, 0.717) is 13.2 Å². The number of hydrogen-bond donors (Lipinski definition) is 2. The summed E-state index contributed by atoms with van der Waals surface area (Å²) in [4.78, 5) is 11.6. The van der Waals surface area contributed by atoms with Gasteiger partial charge in [0.05, 0.1) is 6.61 Å². The van der Waals surface area contributed by atoms with Gasteiger partial charge in [0.1, 0.15) is 5.75 Å². The molecule has 0 atom stereocenters. The van der Waals surface area contributed by atoms with Crippen LogP contribution in [0.3, 0.4) is 0 Å². The fraction of sp³-hybridized carbons (Fsp3) is 0.533. The van der Waals surface area contributed by atoms with Gasteiger partial charge in [-0.25, -0.2) is 4.79 Å². The number of carbonyl (C=O) groups excluding carboxylic acids is 1. The SMILES string of the molecule is CCOc1ccc(CNC(=O)NC(C)(C)C)cc1C. The predicted molar refractivity (Wildman–Crippen MR) is 77.5 cm³/mol. The molecule has 0 unspecified atom stereocenters. The standard InChI is InChI=1S/C15H24N2O2/c1-6-19-13-8-7-12(9-11(13)2)10-16-14(18)17-15(3,4)5/h7-9H,6,10H2,1-5H3,(H2,16,17,18). The molecule has 1 aromatic rings. The van der Waals surface area contributed by atoms with Gasteiger partial charge in [-0.15, -0.1) is 0 Å². The number of aryl methyl sites for hydroxylation is 1. The Morgan fingerprint density at radius 2 is 2.00 bits per heavy atom. The van der Waals surface area contributed by atoms with Crippen LogP contribution in [0.5, 0.6) is 5.75 Å². The molecule has 4 nitrogen and oxygen atoms in total. The lowest BCUT2D eigenvalue weighted by Gasteiger charge is -2.20. The molecule has 0 saturated carbocycles. The summed E-state index contributed by atoms with van der Waals surface area (Å²) in [5, 5.41) is 5.70. The normalized spacial score (nSPS) is 11.0. The zero-order valence-electron chi connectivity index (χ0n) is 12.5. The maximum Gasteiger partial charge on any atom is 0.315 e. The van der Waals surface area contributed by atoms with Crippen molar-refractivity contribution >= 4 is 6.03 Å². The highest BCUT2D eigenvalue weighted by Gasteiger charge is 2.13. The van der Waals surface area contributed by atoms with Crippen molar-refractivity contribution in [1.82, 2.24) is 10.6 Å². The maximum absolute atomic E-state index is 11.6. The van der Waals surface area contributed by atoms with Crippen LogP contribution in [0.15, 0.2) is 18.2 Å². The van der Waals surface area contributed by atoms with Crippen LogP contribution in [-0.2, 0) is 6.54 Å². The Bertz CT molecular complexity index is 436. The molecule has 0 spiro atoms. The van der Waals surface area contributed by atoms with Crippen LogP contribution < -0.4 is 15.4 Å². The molecule has 0 aromatic heterocycles. The van der Waals surface area contributed by atoms with E-state index in [1.807, 2.05) is 52.8 Å². The van der Waals surface area contributed by atoms with Crippen molar-refractivity contribution in [3.8, 4) is 5.75 Å². The molecule has 1 rings (SSSR count). The number of amides is 2. The molecule has 2 amide bonds. The van der Waals surface area contributed by atoms with Gasteiger partial charge < -0.3 is 15.4 Å². The monoisotopic (exact) mass is 264 g/mol. The van der Waals surface area contributed by atoms with Crippen LogP contribution in [0.2, 0.25) is 0 Å². The Kier molecular flexibility index (Phi) is 5.21. The van der Waals surface area contributed by atoms with Crippen molar-refractivity contribution in [2.75, 3.05) is 6.61 Å². The molecule has 0 bridgehead atoms. The molecule has 0 aliphatic rings. The lowest BCUT2D eigenvalue weighted by Crippen LogP contribution is -2.46. The lowest BCUT2D eigenvalue weighted by atomic mass is 10.1. The average molecular weight is 264 g/mol. The first kappa shape index (κ1) is 15.3. The van der Waals surface area contributed by atoms with Crippen molar-refractivity contribution < 1.29 is 9.53 Å². The number of nitrogens with one attached hydrogen (secondary N) is 2. The number of hydrogen-bond acceptors (Lipinski definition) is 2. The van der Waals surface area contributed by atoms with Gasteiger partial charge in [0.2, 0.25) is 0 Å². The third kappa shape index (κ3) is 5.64. The van der Waals surface area contributed by atoms with Crippen molar-refractivity contribution in [3.63, 3.8) is 0 Å². The number of rotatable bonds is 4. The van der Waals surface area contributed by atoms with Gasteiger partial charge in [0, 0.05) is 12.1 Å². The van der Waals surface area contributed by atoms with Gasteiger partial charge in [-0.05, 0) is 51.8 Å². The van der Waals surface area contributed by atoms with E-state index in [4.69, 9.17) is 4.74 Å². The summed E-state index contributed by atoms with van der Waals surface area (Å²) in [5.74, 6) is 0.894. The zero-order valence-corrected chi connectivity index (χ0v) is 12.5. The van der Waals surface area contributed by atoms with E-state index in [1.165, 1.54) is 0 Å². The Balaban J connectivity index is 2.54. The smallest absolute Gasteiger partial charge is 0.315 e. The van der Waals surface area contributed by atoms with Gasteiger partial charge in [-0.3, -0.25) is 0 Å². The number of benzene rings is 1. The minimum atomic E-state index is -0.223. The summed E-state index contributed by atoms with van der Waals surface area (Å²) in [7, 11) is 0. The van der Waals surface area contributed by atoms with Gasteiger partial charge in [-0.1, -0.05) is 12.1 Å². The Hall–Kier alpha value is -1.71. The van der Waals surface area contributed by atoms with E-state index in [1.54, 1.807) is 0 Å². The van der Waals surface area contributed by atoms with Gasteiger partial charge in [0.15, 0.2) is 0 Å². The molecule has 106 valence electrons. The zero-order chi connectivity index (χ0) is 14.5. The largest absolute Gasteiger partial charge is 0.494 e. The maximum atomic E-state index is 11.6. The van der Waals surface area contributed by atoms with Crippen LogP contribution in [0.4, 0.5) is 4.79 Å². The first-order valence-corrected chi connectivity index (χ1v) is 6.60. The third-order valence-electron chi connectivity index (χ3n) is 2.48.